The van der Waals surface area contributed by atoms with Gasteiger partial charge in [-0.25, -0.2) is 0 Å². The highest BCUT2D eigenvalue weighted by Crippen LogP contribution is 2.22. The molecule has 0 radical (unpaired) electrons. The maximum Gasteiger partial charge on any atom is 0.163 e. The number of aromatic nitrogens is 1. The van der Waals surface area contributed by atoms with Gasteiger partial charge in [0.1, 0.15) is 0 Å². The van der Waals surface area contributed by atoms with E-state index in [1.807, 2.05) is 20.8 Å². The van der Waals surface area contributed by atoms with Crippen molar-refractivity contribution in [2.75, 3.05) is 5.73 Å². The van der Waals surface area contributed by atoms with Gasteiger partial charge in [0.05, 0.1) is 11.3 Å². The molecule has 1 heterocycles. The lowest BCUT2D eigenvalue weighted by Crippen LogP contribution is -2.03. The molecule has 0 saturated carbocycles. The van der Waals surface area contributed by atoms with E-state index in [1.54, 1.807) is 6.20 Å². The predicted molar refractivity (Wildman–Crippen MR) is 64.7 cm³/mol. The van der Waals surface area contributed by atoms with Gasteiger partial charge in [-0.3, -0.25) is 9.78 Å². The lowest BCUT2D eigenvalue weighted by Gasteiger charge is -2.06. The molecule has 15 heavy (non-hydrogen) atoms. The standard InChI is InChI=1S/C10H12N2O.C2H6/c1-6(2)8-4-12-5-9(7(3)13)10(8)11;1-2/h4-5H,1H2,2-3H3,(H2,11,12);1-2H3. The second-order valence-corrected chi connectivity index (χ2v) is 2.98. The van der Waals surface area contributed by atoms with E-state index in [4.69, 9.17) is 5.73 Å². The van der Waals surface area contributed by atoms with E-state index >= 15 is 0 Å². The SMILES string of the molecule is C=C(C)c1cncc(C(C)=O)c1N.CC. The van der Waals surface area contributed by atoms with E-state index < -0.39 is 0 Å². The average molecular weight is 206 g/mol. The molecular weight excluding hydrogens is 188 g/mol. The molecule has 0 aromatic carbocycles. The van der Waals surface area contributed by atoms with Gasteiger partial charge in [-0.2, -0.15) is 0 Å². The number of carbonyl (C=O) groups is 1. The lowest BCUT2D eigenvalue weighted by atomic mass is 10.0. The van der Waals surface area contributed by atoms with Crippen molar-refractivity contribution in [3.63, 3.8) is 0 Å². The first-order chi connectivity index (χ1) is 7.04. The van der Waals surface area contributed by atoms with Gasteiger partial charge in [0.25, 0.3) is 0 Å². The minimum Gasteiger partial charge on any atom is -0.398 e. The first-order valence-electron chi connectivity index (χ1n) is 4.94. The van der Waals surface area contributed by atoms with Crippen LogP contribution >= 0.6 is 0 Å². The third-order valence-corrected chi connectivity index (χ3v) is 1.83. The van der Waals surface area contributed by atoms with Crippen LogP contribution in [0.15, 0.2) is 19.0 Å². The van der Waals surface area contributed by atoms with Gasteiger partial charge in [0.2, 0.25) is 0 Å². The number of carbonyl (C=O) groups excluding carboxylic acids is 1. The average Bonchev–Trinajstić information content (AvgIpc) is 2.20. The zero-order valence-corrected chi connectivity index (χ0v) is 9.79. The van der Waals surface area contributed by atoms with E-state index in [0.717, 1.165) is 11.1 Å². The quantitative estimate of drug-likeness (QED) is 0.757. The summed E-state index contributed by atoms with van der Waals surface area (Å²) in [5.41, 5.74) is 8.25. The Morgan fingerprint density at radius 2 is 1.73 bits per heavy atom. The normalized spacial score (nSPS) is 8.80. The molecule has 1 aromatic rings. The largest absolute Gasteiger partial charge is 0.398 e. The van der Waals surface area contributed by atoms with Crippen LogP contribution in [-0.2, 0) is 0 Å². The fourth-order valence-electron chi connectivity index (χ4n) is 1.09. The third-order valence-electron chi connectivity index (χ3n) is 1.83. The Balaban J connectivity index is 0.000000921. The maximum absolute atomic E-state index is 11.1. The molecule has 82 valence electrons. The molecule has 0 fully saturated rings. The van der Waals surface area contributed by atoms with Crippen molar-refractivity contribution < 1.29 is 4.79 Å². The van der Waals surface area contributed by atoms with Crippen LogP contribution < -0.4 is 5.73 Å². The second-order valence-electron chi connectivity index (χ2n) is 2.98. The number of nitrogens with zero attached hydrogens (tertiary/aromatic N) is 1. The summed E-state index contributed by atoms with van der Waals surface area (Å²) < 4.78 is 0. The van der Waals surface area contributed by atoms with E-state index in [1.165, 1.54) is 13.1 Å². The van der Waals surface area contributed by atoms with Crippen LogP contribution in [-0.4, -0.2) is 10.8 Å². The molecule has 0 bridgehead atoms. The Bertz CT molecular complexity index is 338. The fraction of sp³-hybridized carbons (Fsp3) is 0.333. The summed E-state index contributed by atoms with van der Waals surface area (Å²) in [6.07, 6.45) is 3.09. The van der Waals surface area contributed by atoms with Crippen LogP contribution in [0.5, 0.6) is 0 Å². The Labute approximate surface area is 91.0 Å². The number of rotatable bonds is 2. The van der Waals surface area contributed by atoms with Gasteiger partial charge in [-0.05, 0) is 19.4 Å². The second kappa shape index (κ2) is 5.96. The van der Waals surface area contributed by atoms with Crippen LogP contribution in [0, 0.1) is 0 Å². The molecular formula is C12H18N2O. The molecule has 0 saturated heterocycles. The number of hydrogen-bond acceptors (Lipinski definition) is 3. The zero-order valence-electron chi connectivity index (χ0n) is 9.79. The summed E-state index contributed by atoms with van der Waals surface area (Å²) in [4.78, 5) is 15.0. The van der Waals surface area contributed by atoms with E-state index in [2.05, 4.69) is 11.6 Å². The van der Waals surface area contributed by atoms with Crippen LogP contribution in [0.25, 0.3) is 5.57 Å². The summed E-state index contributed by atoms with van der Waals surface area (Å²) in [6, 6.07) is 0. The molecule has 3 heteroatoms. The number of ketones is 1. The molecule has 0 atom stereocenters. The fourth-order valence-corrected chi connectivity index (χ4v) is 1.09. The number of Topliss-reactive ketones (excluding diaryl/α,β-unsaturated/α-hetero) is 1. The number of nitrogens with two attached hydrogens (primary N) is 1. The topological polar surface area (TPSA) is 56.0 Å². The van der Waals surface area contributed by atoms with Crippen molar-refractivity contribution in [3.05, 3.63) is 30.1 Å². The maximum atomic E-state index is 11.1. The molecule has 2 N–H and O–H groups in total. The first kappa shape index (κ1) is 13.4. The van der Waals surface area contributed by atoms with E-state index in [9.17, 15) is 4.79 Å². The van der Waals surface area contributed by atoms with Crippen LogP contribution in [0.4, 0.5) is 5.69 Å². The Morgan fingerprint density at radius 1 is 1.27 bits per heavy atom. The highest BCUT2D eigenvalue weighted by Gasteiger charge is 2.09. The molecule has 0 aliphatic carbocycles. The molecule has 1 aromatic heterocycles. The van der Waals surface area contributed by atoms with E-state index in [-0.39, 0.29) is 5.78 Å². The Morgan fingerprint density at radius 3 is 2.13 bits per heavy atom. The minimum absolute atomic E-state index is 0.0758. The summed E-state index contributed by atoms with van der Waals surface area (Å²) >= 11 is 0. The van der Waals surface area contributed by atoms with Crippen molar-refractivity contribution in [2.24, 2.45) is 0 Å². The van der Waals surface area contributed by atoms with Crippen molar-refractivity contribution in [2.45, 2.75) is 27.7 Å². The number of nitrogen functional groups attached to an aromatic ring is 1. The highest BCUT2D eigenvalue weighted by molar-refractivity contribution is 6.00. The van der Waals surface area contributed by atoms with Crippen molar-refractivity contribution >= 4 is 17.0 Å². The molecule has 1 rings (SSSR count). The van der Waals surface area contributed by atoms with Gasteiger partial charge in [0, 0.05) is 18.0 Å². The number of hydrogen-bond donors (Lipinski definition) is 1. The van der Waals surface area contributed by atoms with Gasteiger partial charge in [-0.1, -0.05) is 20.4 Å². The molecule has 0 aliphatic rings. The number of allylic oxidation sites excluding steroid dienone is 1. The van der Waals surface area contributed by atoms with E-state index in [0.29, 0.717) is 11.3 Å². The predicted octanol–water partition coefficient (Wildman–Crippen LogP) is 2.93. The number of pyridine rings is 1. The smallest absolute Gasteiger partial charge is 0.163 e. The summed E-state index contributed by atoms with van der Waals surface area (Å²) in [5.74, 6) is -0.0758. The van der Waals surface area contributed by atoms with Crippen LogP contribution in [0.3, 0.4) is 0 Å². The Hall–Kier alpha value is -1.64. The highest BCUT2D eigenvalue weighted by atomic mass is 16.1. The van der Waals surface area contributed by atoms with Crippen LogP contribution in [0.1, 0.15) is 43.6 Å². The molecule has 0 unspecified atom stereocenters. The minimum atomic E-state index is -0.0758. The first-order valence-corrected chi connectivity index (χ1v) is 4.94. The van der Waals surface area contributed by atoms with Crippen molar-refractivity contribution in [3.8, 4) is 0 Å². The summed E-state index contributed by atoms with van der Waals surface area (Å²) in [7, 11) is 0. The zero-order chi connectivity index (χ0) is 12.0. The third kappa shape index (κ3) is 3.20. The molecule has 0 aliphatic heterocycles. The van der Waals surface area contributed by atoms with Gasteiger partial charge in [-0.15, -0.1) is 0 Å². The summed E-state index contributed by atoms with van der Waals surface area (Å²) in [6.45, 7) is 11.1. The monoisotopic (exact) mass is 206 g/mol. The van der Waals surface area contributed by atoms with Crippen LogP contribution in [0.2, 0.25) is 0 Å². The molecule has 0 spiro atoms. The Kier molecular flexibility index (Phi) is 5.31. The lowest BCUT2D eigenvalue weighted by molar-refractivity contribution is 0.101. The van der Waals surface area contributed by atoms with Crippen molar-refractivity contribution in [1.82, 2.24) is 4.98 Å². The summed E-state index contributed by atoms with van der Waals surface area (Å²) in [5, 5.41) is 0. The molecule has 3 nitrogen and oxygen atoms in total. The number of anilines is 1. The molecule has 0 amide bonds. The van der Waals surface area contributed by atoms with Gasteiger partial charge in [0.15, 0.2) is 5.78 Å². The van der Waals surface area contributed by atoms with Crippen molar-refractivity contribution in [1.29, 1.82) is 0 Å². The van der Waals surface area contributed by atoms with Gasteiger partial charge >= 0.3 is 0 Å². The van der Waals surface area contributed by atoms with Gasteiger partial charge < -0.3 is 5.73 Å².